The monoisotopic (exact) mass is 282 g/mol. The van der Waals surface area contributed by atoms with E-state index in [1.807, 2.05) is 0 Å². The molecule has 2 rings (SSSR count). The quantitative estimate of drug-likeness (QED) is 0.842. The molecule has 1 unspecified atom stereocenters. The third kappa shape index (κ3) is 4.19. The van der Waals surface area contributed by atoms with Crippen molar-refractivity contribution in [3.05, 3.63) is 0 Å². The highest BCUT2D eigenvalue weighted by Crippen LogP contribution is 2.28. The van der Waals surface area contributed by atoms with E-state index in [-0.39, 0.29) is 0 Å². The van der Waals surface area contributed by atoms with Gasteiger partial charge in [0.1, 0.15) is 0 Å². The number of carboxylic acids is 1. The number of piperidine rings is 2. The molecule has 0 aliphatic carbocycles. The second-order valence-corrected chi connectivity index (χ2v) is 6.68. The minimum Gasteiger partial charge on any atom is -0.481 e. The van der Waals surface area contributed by atoms with Gasteiger partial charge >= 0.3 is 5.97 Å². The van der Waals surface area contributed by atoms with Crippen molar-refractivity contribution in [3.63, 3.8) is 0 Å². The van der Waals surface area contributed by atoms with Gasteiger partial charge < -0.3 is 10.0 Å². The Morgan fingerprint density at radius 2 is 1.85 bits per heavy atom. The topological polar surface area (TPSA) is 43.8 Å². The molecule has 0 radical (unpaired) electrons. The van der Waals surface area contributed by atoms with Crippen molar-refractivity contribution in [1.82, 2.24) is 9.80 Å². The average molecular weight is 282 g/mol. The molecule has 0 aromatic heterocycles. The summed E-state index contributed by atoms with van der Waals surface area (Å²) in [6, 6.07) is 1.85. The summed E-state index contributed by atoms with van der Waals surface area (Å²) in [4.78, 5) is 16.0. The highest BCUT2D eigenvalue weighted by molar-refractivity contribution is 5.66. The Morgan fingerprint density at radius 3 is 2.45 bits per heavy atom. The predicted molar refractivity (Wildman–Crippen MR) is 80.9 cm³/mol. The summed E-state index contributed by atoms with van der Waals surface area (Å²) in [5.41, 5.74) is 0. The van der Waals surface area contributed by atoms with E-state index in [0.717, 1.165) is 6.42 Å². The number of aliphatic carboxylic acids is 1. The fraction of sp³-hybridized carbons (Fsp3) is 0.938. The Hall–Kier alpha value is -0.610. The first-order chi connectivity index (χ1) is 9.58. The summed E-state index contributed by atoms with van der Waals surface area (Å²) in [5.74, 6) is -0.648. The van der Waals surface area contributed by atoms with Gasteiger partial charge in [0, 0.05) is 24.5 Å². The van der Waals surface area contributed by atoms with Gasteiger partial charge in [-0.15, -0.1) is 0 Å². The average Bonchev–Trinajstić information content (AvgIpc) is 2.45. The van der Waals surface area contributed by atoms with Crippen molar-refractivity contribution >= 4 is 5.97 Å². The third-order valence-electron chi connectivity index (χ3n) is 5.06. The van der Waals surface area contributed by atoms with Gasteiger partial charge in [-0.25, -0.2) is 0 Å². The van der Waals surface area contributed by atoms with E-state index in [9.17, 15) is 4.79 Å². The Balaban J connectivity index is 1.86. The van der Waals surface area contributed by atoms with Crippen LogP contribution in [0.15, 0.2) is 0 Å². The van der Waals surface area contributed by atoms with E-state index < -0.39 is 5.97 Å². The van der Waals surface area contributed by atoms with Gasteiger partial charge in [-0.3, -0.25) is 9.69 Å². The lowest BCUT2D eigenvalue weighted by Crippen LogP contribution is -2.52. The van der Waals surface area contributed by atoms with Crippen LogP contribution >= 0.6 is 0 Å². The molecule has 0 saturated carbocycles. The smallest absolute Gasteiger partial charge is 0.303 e. The van der Waals surface area contributed by atoms with E-state index in [4.69, 9.17) is 5.11 Å². The molecular weight excluding hydrogens is 252 g/mol. The summed E-state index contributed by atoms with van der Waals surface area (Å²) in [5, 5.41) is 8.91. The zero-order chi connectivity index (χ0) is 14.5. The number of likely N-dealkylation sites (tertiary alicyclic amines) is 2. The molecule has 0 spiro atoms. The maximum absolute atomic E-state index is 10.8. The van der Waals surface area contributed by atoms with E-state index in [0.29, 0.717) is 24.5 Å². The van der Waals surface area contributed by atoms with Crippen LogP contribution in [0.1, 0.15) is 58.8 Å². The predicted octanol–water partition coefficient (Wildman–Crippen LogP) is 2.58. The van der Waals surface area contributed by atoms with E-state index >= 15 is 0 Å². The molecule has 2 fully saturated rings. The normalized spacial score (nSPS) is 27.1. The fourth-order valence-corrected chi connectivity index (χ4v) is 3.84. The van der Waals surface area contributed by atoms with E-state index in [2.05, 4.69) is 23.6 Å². The van der Waals surface area contributed by atoms with Crippen molar-refractivity contribution in [2.75, 3.05) is 19.6 Å². The molecule has 2 aliphatic heterocycles. The van der Waals surface area contributed by atoms with Crippen LogP contribution in [0.3, 0.4) is 0 Å². The second kappa shape index (κ2) is 7.41. The molecule has 0 amide bonds. The van der Waals surface area contributed by atoms with Gasteiger partial charge in [-0.1, -0.05) is 6.42 Å². The van der Waals surface area contributed by atoms with Gasteiger partial charge in [-0.05, 0) is 65.6 Å². The molecule has 2 saturated heterocycles. The summed E-state index contributed by atoms with van der Waals surface area (Å²) in [6.07, 6.45) is 7.41. The van der Waals surface area contributed by atoms with Crippen LogP contribution in [0.4, 0.5) is 0 Å². The van der Waals surface area contributed by atoms with Crippen molar-refractivity contribution in [2.24, 2.45) is 0 Å². The van der Waals surface area contributed by atoms with Crippen molar-refractivity contribution in [3.8, 4) is 0 Å². The largest absolute Gasteiger partial charge is 0.481 e. The number of carboxylic acid groups (broad SMARTS) is 1. The van der Waals surface area contributed by atoms with Crippen LogP contribution < -0.4 is 0 Å². The van der Waals surface area contributed by atoms with E-state index in [1.54, 1.807) is 0 Å². The highest BCUT2D eigenvalue weighted by Gasteiger charge is 2.31. The minimum atomic E-state index is -0.648. The number of carbonyl (C=O) groups is 1. The molecular formula is C16H30N2O2. The van der Waals surface area contributed by atoms with Gasteiger partial charge in [0.15, 0.2) is 0 Å². The van der Waals surface area contributed by atoms with Crippen molar-refractivity contribution < 1.29 is 9.90 Å². The van der Waals surface area contributed by atoms with E-state index in [1.165, 1.54) is 51.7 Å². The molecule has 1 atom stereocenters. The van der Waals surface area contributed by atoms with Crippen LogP contribution in [0.2, 0.25) is 0 Å². The Labute approximate surface area is 123 Å². The zero-order valence-electron chi connectivity index (χ0n) is 13.1. The lowest BCUT2D eigenvalue weighted by molar-refractivity contribution is -0.137. The first-order valence-corrected chi connectivity index (χ1v) is 8.29. The van der Waals surface area contributed by atoms with Gasteiger partial charge in [0.25, 0.3) is 0 Å². The first-order valence-electron chi connectivity index (χ1n) is 8.29. The molecule has 116 valence electrons. The SMILES string of the molecule is CC(C)N1CCC(N2CCCCC2CCC(=O)O)CC1. The van der Waals surface area contributed by atoms with Crippen molar-refractivity contribution in [1.29, 1.82) is 0 Å². The number of hydrogen-bond donors (Lipinski definition) is 1. The molecule has 4 heteroatoms. The number of rotatable bonds is 5. The van der Waals surface area contributed by atoms with Crippen LogP contribution in [-0.2, 0) is 4.79 Å². The maximum Gasteiger partial charge on any atom is 0.303 e. The maximum atomic E-state index is 10.8. The molecule has 0 aromatic carbocycles. The summed E-state index contributed by atoms with van der Waals surface area (Å²) < 4.78 is 0. The molecule has 2 aliphatic rings. The minimum absolute atomic E-state index is 0.325. The fourth-order valence-electron chi connectivity index (χ4n) is 3.84. The third-order valence-corrected chi connectivity index (χ3v) is 5.06. The highest BCUT2D eigenvalue weighted by atomic mass is 16.4. The Kier molecular flexibility index (Phi) is 5.85. The Morgan fingerprint density at radius 1 is 1.15 bits per heavy atom. The standard InChI is InChI=1S/C16H30N2O2/c1-13(2)17-11-8-15(9-12-17)18-10-4-3-5-14(18)6-7-16(19)20/h13-15H,3-12H2,1-2H3,(H,19,20). The van der Waals surface area contributed by atoms with Gasteiger partial charge in [0.05, 0.1) is 0 Å². The molecule has 1 N–H and O–H groups in total. The zero-order valence-corrected chi connectivity index (χ0v) is 13.1. The van der Waals surface area contributed by atoms with Crippen LogP contribution in [0.5, 0.6) is 0 Å². The van der Waals surface area contributed by atoms with Crippen LogP contribution in [0.25, 0.3) is 0 Å². The second-order valence-electron chi connectivity index (χ2n) is 6.68. The summed E-state index contributed by atoms with van der Waals surface area (Å²) in [6.45, 7) is 8.12. The van der Waals surface area contributed by atoms with Crippen LogP contribution in [0, 0.1) is 0 Å². The molecule has 0 bridgehead atoms. The molecule has 2 heterocycles. The first kappa shape index (κ1) is 15.8. The molecule has 0 aromatic rings. The Bertz CT molecular complexity index is 312. The van der Waals surface area contributed by atoms with Crippen LogP contribution in [-0.4, -0.2) is 58.6 Å². The lowest BCUT2D eigenvalue weighted by Gasteiger charge is -2.45. The van der Waals surface area contributed by atoms with Gasteiger partial charge in [0.2, 0.25) is 0 Å². The van der Waals surface area contributed by atoms with Gasteiger partial charge in [-0.2, -0.15) is 0 Å². The molecule has 20 heavy (non-hydrogen) atoms. The number of hydrogen-bond acceptors (Lipinski definition) is 3. The summed E-state index contributed by atoms with van der Waals surface area (Å²) >= 11 is 0. The lowest BCUT2D eigenvalue weighted by atomic mass is 9.92. The summed E-state index contributed by atoms with van der Waals surface area (Å²) in [7, 11) is 0. The molecule has 4 nitrogen and oxygen atoms in total. The number of nitrogens with zero attached hydrogens (tertiary/aromatic N) is 2. The van der Waals surface area contributed by atoms with Crippen molar-refractivity contribution in [2.45, 2.75) is 76.9 Å².